The largest absolute Gasteiger partial charge is 0.508 e. The van der Waals surface area contributed by atoms with Gasteiger partial charge in [0.05, 0.1) is 10.7 Å². The van der Waals surface area contributed by atoms with Gasteiger partial charge >= 0.3 is 6.09 Å². The molecule has 1 fully saturated rings. The number of aromatic nitrogens is 1. The lowest BCUT2D eigenvalue weighted by Crippen LogP contribution is -2.51. The second-order valence-corrected chi connectivity index (χ2v) is 11.5. The van der Waals surface area contributed by atoms with Crippen molar-refractivity contribution in [1.29, 1.82) is 0 Å². The number of carbonyl (C=O) groups is 1. The van der Waals surface area contributed by atoms with E-state index >= 15 is 0 Å². The summed E-state index contributed by atoms with van der Waals surface area (Å²) in [5.74, 6) is 0.441. The molecule has 3 heterocycles. The zero-order valence-corrected chi connectivity index (χ0v) is 21.0. The Kier molecular flexibility index (Phi) is 5.93. The molecule has 0 aliphatic carbocycles. The van der Waals surface area contributed by atoms with Crippen LogP contribution in [0.2, 0.25) is 0 Å². The minimum absolute atomic E-state index is 0.0516. The fraction of sp³-hybridized carbons (Fsp3) is 0.560. The molecular formula is C25H33N3O4S. The van der Waals surface area contributed by atoms with Crippen LogP contribution in [0.3, 0.4) is 0 Å². The van der Waals surface area contributed by atoms with Crippen LogP contribution in [0.5, 0.6) is 5.75 Å². The van der Waals surface area contributed by atoms with Gasteiger partial charge in [0.2, 0.25) is 0 Å². The standard InChI is InChI=1S/C25H33N3O4S/c1-14-9-17(20(29)10-15(14)2)25(6)12-18(27-32-25)19-13-33-22(26-19)16-7-8-28(23(30)31)21(11-16)24(3,4)5/h9-10,13,16,21,29H,7-8,11-12H2,1-6H3,(H,30,31). The second kappa shape index (κ2) is 8.31. The van der Waals surface area contributed by atoms with Gasteiger partial charge < -0.3 is 20.0 Å². The Morgan fingerprint density at radius 2 is 1.97 bits per heavy atom. The maximum Gasteiger partial charge on any atom is 0.407 e. The zero-order chi connectivity index (χ0) is 24.1. The number of thiazole rings is 1. The number of hydrogen-bond acceptors (Lipinski definition) is 6. The van der Waals surface area contributed by atoms with Gasteiger partial charge in [0.15, 0.2) is 5.60 Å². The Labute approximate surface area is 199 Å². The van der Waals surface area contributed by atoms with Crippen molar-refractivity contribution in [2.75, 3.05) is 6.54 Å². The number of hydrogen-bond donors (Lipinski definition) is 2. The van der Waals surface area contributed by atoms with Crippen LogP contribution in [-0.2, 0) is 10.4 Å². The number of amides is 1. The summed E-state index contributed by atoms with van der Waals surface area (Å²) >= 11 is 1.61. The van der Waals surface area contributed by atoms with Crippen molar-refractivity contribution >= 4 is 23.1 Å². The normalized spacial score (nSPS) is 25.6. The van der Waals surface area contributed by atoms with E-state index < -0.39 is 11.7 Å². The minimum atomic E-state index is -0.848. The number of phenols is 1. The molecule has 2 aliphatic heterocycles. The van der Waals surface area contributed by atoms with Gasteiger partial charge in [0.1, 0.15) is 11.5 Å². The summed E-state index contributed by atoms with van der Waals surface area (Å²) in [4.78, 5) is 24.1. The summed E-state index contributed by atoms with van der Waals surface area (Å²) in [5.41, 5.74) is 3.54. The van der Waals surface area contributed by atoms with Crippen molar-refractivity contribution in [3.63, 3.8) is 0 Å². The first-order chi connectivity index (χ1) is 15.4. The summed E-state index contributed by atoms with van der Waals surface area (Å²) in [6.07, 6.45) is 1.21. The van der Waals surface area contributed by atoms with Crippen LogP contribution in [0.1, 0.15) is 80.3 Å². The van der Waals surface area contributed by atoms with Crippen LogP contribution in [0.25, 0.3) is 0 Å². The predicted octanol–water partition coefficient (Wildman–Crippen LogP) is 5.78. The molecule has 33 heavy (non-hydrogen) atoms. The van der Waals surface area contributed by atoms with Crippen molar-refractivity contribution < 1.29 is 19.8 Å². The third-order valence-corrected chi connectivity index (χ3v) is 8.07. The van der Waals surface area contributed by atoms with Gasteiger partial charge in [-0.05, 0) is 62.3 Å². The molecule has 178 valence electrons. The van der Waals surface area contributed by atoms with E-state index in [1.807, 2.05) is 32.2 Å². The number of carboxylic acid groups (broad SMARTS) is 1. The van der Waals surface area contributed by atoms with E-state index in [2.05, 4.69) is 25.9 Å². The number of oxime groups is 1. The van der Waals surface area contributed by atoms with Crippen molar-refractivity contribution in [2.45, 2.75) is 78.4 Å². The molecule has 2 aromatic rings. The number of rotatable bonds is 3. The number of nitrogens with zero attached hydrogens (tertiary/aromatic N) is 3. The van der Waals surface area contributed by atoms with Gasteiger partial charge in [-0.2, -0.15) is 0 Å². The molecule has 1 amide bonds. The maximum atomic E-state index is 11.7. The van der Waals surface area contributed by atoms with Gasteiger partial charge in [0, 0.05) is 35.9 Å². The molecular weight excluding hydrogens is 438 g/mol. The molecule has 3 unspecified atom stereocenters. The number of aromatic hydroxyl groups is 1. The predicted molar refractivity (Wildman–Crippen MR) is 129 cm³/mol. The highest BCUT2D eigenvalue weighted by atomic mass is 32.1. The van der Waals surface area contributed by atoms with E-state index in [9.17, 15) is 15.0 Å². The van der Waals surface area contributed by atoms with Crippen LogP contribution in [0, 0.1) is 19.3 Å². The maximum absolute atomic E-state index is 11.7. The van der Waals surface area contributed by atoms with Gasteiger partial charge in [-0.15, -0.1) is 11.3 Å². The van der Waals surface area contributed by atoms with Gasteiger partial charge in [-0.1, -0.05) is 25.9 Å². The van der Waals surface area contributed by atoms with Crippen molar-refractivity contribution in [3.05, 3.63) is 44.9 Å². The van der Waals surface area contributed by atoms with Gasteiger partial charge in [0.25, 0.3) is 0 Å². The quantitative estimate of drug-likeness (QED) is 0.592. The SMILES string of the molecule is Cc1cc(O)c(C2(C)CC(c3csc(C4CCN(C(=O)O)C(C(C)(C)C)C4)n3)=NO2)cc1C. The third-order valence-electron chi connectivity index (χ3n) is 7.06. The fourth-order valence-electron chi connectivity index (χ4n) is 4.89. The molecule has 1 aromatic carbocycles. The van der Waals surface area contributed by atoms with E-state index in [0.29, 0.717) is 13.0 Å². The van der Waals surface area contributed by atoms with Crippen molar-refractivity contribution in [3.8, 4) is 5.75 Å². The minimum Gasteiger partial charge on any atom is -0.508 e. The molecule has 7 nitrogen and oxygen atoms in total. The highest BCUT2D eigenvalue weighted by Gasteiger charge is 2.42. The molecule has 8 heteroatoms. The van der Waals surface area contributed by atoms with Crippen LogP contribution in [0.4, 0.5) is 4.79 Å². The first kappa shape index (κ1) is 23.5. The monoisotopic (exact) mass is 471 g/mol. The molecule has 3 atom stereocenters. The summed E-state index contributed by atoms with van der Waals surface area (Å²) < 4.78 is 0. The molecule has 4 rings (SSSR count). The highest BCUT2D eigenvalue weighted by molar-refractivity contribution is 7.10. The first-order valence-corrected chi connectivity index (χ1v) is 12.3. The number of likely N-dealkylation sites (tertiary alicyclic amines) is 1. The number of piperidine rings is 1. The number of phenolic OH excluding ortho intramolecular Hbond substituents is 1. The van der Waals surface area contributed by atoms with Crippen molar-refractivity contribution in [2.24, 2.45) is 10.6 Å². The molecule has 2 aliphatic rings. The Morgan fingerprint density at radius 3 is 2.64 bits per heavy atom. The molecule has 0 radical (unpaired) electrons. The molecule has 0 spiro atoms. The highest BCUT2D eigenvalue weighted by Crippen LogP contribution is 2.43. The number of benzene rings is 1. The molecule has 0 bridgehead atoms. The van der Waals surface area contributed by atoms with E-state index in [0.717, 1.165) is 45.9 Å². The Balaban J connectivity index is 1.52. The van der Waals surface area contributed by atoms with E-state index in [1.54, 1.807) is 22.3 Å². The van der Waals surface area contributed by atoms with Crippen LogP contribution in [0.15, 0.2) is 22.7 Å². The lowest BCUT2D eigenvalue weighted by molar-refractivity contribution is -0.00902. The third kappa shape index (κ3) is 4.45. The Hall–Kier alpha value is -2.61. The average molecular weight is 472 g/mol. The smallest absolute Gasteiger partial charge is 0.407 e. The molecule has 1 saturated heterocycles. The van der Waals surface area contributed by atoms with Crippen LogP contribution < -0.4 is 0 Å². The Morgan fingerprint density at radius 1 is 1.27 bits per heavy atom. The second-order valence-electron chi connectivity index (χ2n) is 10.6. The van der Waals surface area contributed by atoms with Gasteiger partial charge in [-0.3, -0.25) is 0 Å². The van der Waals surface area contributed by atoms with E-state index in [4.69, 9.17) is 9.82 Å². The topological polar surface area (TPSA) is 95.2 Å². The summed E-state index contributed by atoms with van der Waals surface area (Å²) in [5, 5.41) is 27.5. The molecule has 0 saturated carbocycles. The first-order valence-electron chi connectivity index (χ1n) is 11.4. The van der Waals surface area contributed by atoms with Crippen molar-refractivity contribution in [1.82, 2.24) is 9.88 Å². The summed E-state index contributed by atoms with van der Waals surface area (Å²) in [6.45, 7) is 12.7. The molecule has 1 aromatic heterocycles. The zero-order valence-electron chi connectivity index (χ0n) is 20.2. The lowest BCUT2D eigenvalue weighted by Gasteiger charge is -2.44. The number of aryl methyl sites for hydroxylation is 2. The van der Waals surface area contributed by atoms with Crippen LogP contribution in [-0.4, -0.2) is 44.5 Å². The lowest BCUT2D eigenvalue weighted by atomic mass is 9.77. The van der Waals surface area contributed by atoms with Crippen LogP contribution >= 0.6 is 11.3 Å². The Bertz CT molecular complexity index is 1100. The summed E-state index contributed by atoms with van der Waals surface area (Å²) in [6, 6.07) is 3.69. The van der Waals surface area contributed by atoms with Gasteiger partial charge in [-0.25, -0.2) is 9.78 Å². The fourth-order valence-corrected chi connectivity index (χ4v) is 5.87. The summed E-state index contributed by atoms with van der Waals surface area (Å²) in [7, 11) is 0. The average Bonchev–Trinajstić information content (AvgIpc) is 3.37. The van der Waals surface area contributed by atoms with E-state index in [-0.39, 0.29) is 23.1 Å². The van der Waals surface area contributed by atoms with E-state index in [1.165, 1.54) is 0 Å². The molecule has 2 N–H and O–H groups in total.